The van der Waals surface area contributed by atoms with Crippen LogP contribution in [0.1, 0.15) is 11.3 Å². The zero-order chi connectivity index (χ0) is 28.9. The van der Waals surface area contributed by atoms with Crippen LogP contribution in [0.15, 0.2) is 99.1 Å². The molecule has 0 aliphatic carbocycles. The fourth-order valence-electron chi connectivity index (χ4n) is 4.40. The molecule has 0 unspecified atom stereocenters. The Kier molecular flexibility index (Phi) is 8.02. The van der Waals surface area contributed by atoms with Gasteiger partial charge in [0.25, 0.3) is 5.56 Å². The van der Waals surface area contributed by atoms with Crippen LogP contribution in [0.3, 0.4) is 0 Å². The van der Waals surface area contributed by atoms with Crippen LogP contribution in [0.4, 0.5) is 5.69 Å². The molecule has 0 saturated heterocycles. The van der Waals surface area contributed by atoms with Crippen molar-refractivity contribution in [1.29, 1.82) is 0 Å². The van der Waals surface area contributed by atoms with Crippen molar-refractivity contribution in [2.24, 2.45) is 0 Å². The molecule has 41 heavy (non-hydrogen) atoms. The molecule has 0 bridgehead atoms. The maximum Gasteiger partial charge on any atom is 0.336 e. The van der Waals surface area contributed by atoms with Crippen molar-refractivity contribution in [3.05, 3.63) is 122 Å². The summed E-state index contributed by atoms with van der Waals surface area (Å²) in [4.78, 5) is 52.3. The topological polar surface area (TPSA) is 125 Å². The molecule has 0 radical (unpaired) electrons. The fraction of sp³-hybridized carbons (Fsp3) is 0.133. The van der Waals surface area contributed by atoms with Crippen LogP contribution in [0, 0.1) is 0 Å². The van der Waals surface area contributed by atoms with E-state index in [1.54, 1.807) is 78.9 Å². The van der Waals surface area contributed by atoms with Gasteiger partial charge in [-0.2, -0.15) is 0 Å². The Morgan fingerprint density at radius 1 is 0.951 bits per heavy atom. The summed E-state index contributed by atoms with van der Waals surface area (Å²) in [6, 6.07) is 21.4. The highest BCUT2D eigenvalue weighted by Crippen LogP contribution is 2.27. The lowest BCUT2D eigenvalue weighted by Crippen LogP contribution is -2.40. The number of anilines is 1. The van der Waals surface area contributed by atoms with Gasteiger partial charge in [-0.1, -0.05) is 35.9 Å². The molecular weight excluding hydrogens is 548 g/mol. The molecule has 0 spiro atoms. The van der Waals surface area contributed by atoms with Crippen molar-refractivity contribution in [1.82, 2.24) is 14.5 Å². The second-order valence-corrected chi connectivity index (χ2v) is 9.53. The zero-order valence-electron chi connectivity index (χ0n) is 21.9. The highest BCUT2D eigenvalue weighted by molar-refractivity contribution is 6.32. The molecule has 0 saturated carbocycles. The van der Waals surface area contributed by atoms with Crippen LogP contribution in [0.5, 0.6) is 5.75 Å². The van der Waals surface area contributed by atoms with Gasteiger partial charge in [0, 0.05) is 5.69 Å². The van der Waals surface area contributed by atoms with Gasteiger partial charge in [-0.3, -0.25) is 19.0 Å². The lowest BCUT2D eigenvalue weighted by Gasteiger charge is -2.15. The smallest absolute Gasteiger partial charge is 0.336 e. The van der Waals surface area contributed by atoms with Gasteiger partial charge in [-0.25, -0.2) is 9.36 Å². The first-order valence-corrected chi connectivity index (χ1v) is 13.0. The average Bonchev–Trinajstić information content (AvgIpc) is 3.49. The number of methoxy groups -OCH3 is 1. The van der Waals surface area contributed by atoms with Gasteiger partial charge in [-0.15, -0.1) is 0 Å². The summed E-state index contributed by atoms with van der Waals surface area (Å²) in [5, 5.41) is 6.09. The second-order valence-electron chi connectivity index (χ2n) is 9.12. The standard InChI is InChI=1S/C30H25ClN4O6/c1-40-26-13-10-20(16-24(26)31)33-28(37)18-34-25-7-3-2-6-23(25)29(38)35(30(34)39)21-11-8-19(9-12-21)15-27(36)32-17-22-5-4-14-41-22/h2-14,16H,15,17-18H2,1H3,(H,32,36)(H,33,37). The number of hydrogen-bond acceptors (Lipinski definition) is 6. The number of amides is 2. The lowest BCUT2D eigenvalue weighted by atomic mass is 10.1. The summed E-state index contributed by atoms with van der Waals surface area (Å²) in [7, 11) is 1.49. The predicted molar refractivity (Wildman–Crippen MR) is 155 cm³/mol. The van der Waals surface area contributed by atoms with Crippen molar-refractivity contribution in [2.45, 2.75) is 19.5 Å². The van der Waals surface area contributed by atoms with Crippen molar-refractivity contribution < 1.29 is 18.7 Å². The molecule has 0 aliphatic rings. The number of benzene rings is 3. The Morgan fingerprint density at radius 3 is 2.44 bits per heavy atom. The second kappa shape index (κ2) is 12.0. The van der Waals surface area contributed by atoms with Gasteiger partial charge in [0.1, 0.15) is 18.1 Å². The monoisotopic (exact) mass is 572 g/mol. The number of rotatable bonds is 9. The zero-order valence-corrected chi connectivity index (χ0v) is 22.7. The highest BCUT2D eigenvalue weighted by atomic mass is 35.5. The maximum absolute atomic E-state index is 13.6. The number of aromatic nitrogens is 2. The molecule has 5 aromatic rings. The van der Waals surface area contributed by atoms with E-state index in [4.69, 9.17) is 20.8 Å². The van der Waals surface area contributed by atoms with Gasteiger partial charge in [0.2, 0.25) is 11.8 Å². The minimum Gasteiger partial charge on any atom is -0.495 e. The van der Waals surface area contributed by atoms with Crippen molar-refractivity contribution in [3.8, 4) is 11.4 Å². The van der Waals surface area contributed by atoms with Gasteiger partial charge in [-0.05, 0) is 60.2 Å². The van der Waals surface area contributed by atoms with E-state index < -0.39 is 17.2 Å². The summed E-state index contributed by atoms with van der Waals surface area (Å²) in [5.74, 6) is 0.407. The van der Waals surface area contributed by atoms with E-state index in [-0.39, 0.29) is 30.8 Å². The molecule has 11 heteroatoms. The molecule has 10 nitrogen and oxygen atoms in total. The Balaban J connectivity index is 1.40. The van der Waals surface area contributed by atoms with E-state index in [2.05, 4.69) is 10.6 Å². The SMILES string of the molecule is COc1ccc(NC(=O)Cn2c(=O)n(-c3ccc(CC(=O)NCc4ccco4)cc3)c(=O)c3ccccc32)cc1Cl. The van der Waals surface area contributed by atoms with Crippen LogP contribution in [0.2, 0.25) is 5.02 Å². The van der Waals surface area contributed by atoms with E-state index >= 15 is 0 Å². The number of para-hydroxylation sites is 1. The van der Waals surface area contributed by atoms with Crippen molar-refractivity contribution in [2.75, 3.05) is 12.4 Å². The van der Waals surface area contributed by atoms with Crippen LogP contribution in [-0.4, -0.2) is 28.1 Å². The van der Waals surface area contributed by atoms with Crippen LogP contribution < -0.4 is 26.6 Å². The molecule has 2 heterocycles. The van der Waals surface area contributed by atoms with Gasteiger partial charge < -0.3 is 19.8 Å². The third-order valence-electron chi connectivity index (χ3n) is 6.39. The summed E-state index contributed by atoms with van der Waals surface area (Å²) >= 11 is 6.16. The Morgan fingerprint density at radius 2 is 1.73 bits per heavy atom. The first kappa shape index (κ1) is 27.5. The highest BCUT2D eigenvalue weighted by Gasteiger charge is 2.17. The number of carbonyl (C=O) groups is 2. The lowest BCUT2D eigenvalue weighted by molar-refractivity contribution is -0.120. The first-order valence-electron chi connectivity index (χ1n) is 12.6. The van der Waals surface area contributed by atoms with Gasteiger partial charge >= 0.3 is 5.69 Å². The normalized spacial score (nSPS) is 10.9. The number of carbonyl (C=O) groups excluding carboxylic acids is 2. The van der Waals surface area contributed by atoms with Crippen LogP contribution in [-0.2, 0) is 29.1 Å². The minimum absolute atomic E-state index is 0.105. The third kappa shape index (κ3) is 6.07. The number of nitrogens with zero attached hydrogens (tertiary/aromatic N) is 2. The number of nitrogens with one attached hydrogen (secondary N) is 2. The van der Waals surface area contributed by atoms with Crippen LogP contribution >= 0.6 is 11.6 Å². The minimum atomic E-state index is -0.680. The molecular formula is C30H25ClN4O6. The summed E-state index contributed by atoms with van der Waals surface area (Å²) in [6.45, 7) is -0.0772. The summed E-state index contributed by atoms with van der Waals surface area (Å²) in [5.41, 5.74) is 0.550. The Bertz CT molecular complexity index is 1840. The maximum atomic E-state index is 13.6. The van der Waals surface area contributed by atoms with E-state index in [1.807, 2.05) is 0 Å². The van der Waals surface area contributed by atoms with E-state index in [9.17, 15) is 19.2 Å². The van der Waals surface area contributed by atoms with E-state index in [0.29, 0.717) is 39.0 Å². The van der Waals surface area contributed by atoms with E-state index in [1.165, 1.54) is 17.9 Å². The van der Waals surface area contributed by atoms with Gasteiger partial charge in [0.15, 0.2) is 0 Å². The number of ether oxygens (including phenoxy) is 1. The molecule has 3 aromatic carbocycles. The molecule has 2 N–H and O–H groups in total. The van der Waals surface area contributed by atoms with Gasteiger partial charge in [0.05, 0.1) is 48.0 Å². The molecule has 0 fully saturated rings. The molecule has 5 rings (SSSR count). The number of fused-ring (bicyclic) bond motifs is 1. The largest absolute Gasteiger partial charge is 0.495 e. The molecule has 2 aromatic heterocycles. The van der Waals surface area contributed by atoms with Crippen molar-refractivity contribution in [3.63, 3.8) is 0 Å². The van der Waals surface area contributed by atoms with E-state index in [0.717, 1.165) is 4.57 Å². The number of furan rings is 1. The average molecular weight is 573 g/mol. The molecule has 0 aliphatic heterocycles. The Hall–Kier alpha value is -5.09. The number of halogens is 1. The molecule has 2 amide bonds. The number of hydrogen-bond donors (Lipinski definition) is 2. The summed E-state index contributed by atoms with van der Waals surface area (Å²) < 4.78 is 12.6. The molecule has 0 atom stereocenters. The van der Waals surface area contributed by atoms with Crippen LogP contribution in [0.25, 0.3) is 16.6 Å². The summed E-state index contributed by atoms with van der Waals surface area (Å²) in [6.07, 6.45) is 1.64. The fourth-order valence-corrected chi connectivity index (χ4v) is 4.66. The first-order chi connectivity index (χ1) is 19.8. The third-order valence-corrected chi connectivity index (χ3v) is 6.68. The van der Waals surface area contributed by atoms with Crippen molar-refractivity contribution >= 4 is 40.0 Å². The predicted octanol–water partition coefficient (Wildman–Crippen LogP) is 3.91. The Labute approximate surface area is 238 Å². The quantitative estimate of drug-likeness (QED) is 0.276. The molecule has 208 valence electrons.